The summed E-state index contributed by atoms with van der Waals surface area (Å²) in [5.74, 6) is 0.681. The minimum atomic E-state index is -0.402. The molecular formula is C14H22N2O4. The SMILES string of the molecule is CCNCc1cc([N+](=O)[O-])ccc1OCCCCCO. The van der Waals surface area contributed by atoms with Gasteiger partial charge in [-0.1, -0.05) is 6.92 Å². The minimum absolute atomic E-state index is 0.0746. The molecule has 0 heterocycles. The first kappa shape index (κ1) is 16.4. The summed E-state index contributed by atoms with van der Waals surface area (Å²) in [5, 5.41) is 22.6. The number of aliphatic hydroxyl groups excluding tert-OH is 1. The summed E-state index contributed by atoms with van der Waals surface area (Å²) in [5.41, 5.74) is 0.869. The highest BCUT2D eigenvalue weighted by molar-refractivity contribution is 5.43. The second-order valence-electron chi connectivity index (χ2n) is 4.46. The molecule has 0 aromatic heterocycles. The van der Waals surface area contributed by atoms with Crippen molar-refractivity contribution < 1.29 is 14.8 Å². The predicted molar refractivity (Wildman–Crippen MR) is 76.9 cm³/mol. The van der Waals surface area contributed by atoms with Crippen LogP contribution in [0.15, 0.2) is 18.2 Å². The lowest BCUT2D eigenvalue weighted by Crippen LogP contribution is -2.13. The molecule has 0 spiro atoms. The maximum Gasteiger partial charge on any atom is 0.270 e. The van der Waals surface area contributed by atoms with Crippen LogP contribution >= 0.6 is 0 Å². The fourth-order valence-corrected chi connectivity index (χ4v) is 1.79. The first-order valence-electron chi connectivity index (χ1n) is 6.90. The second-order valence-corrected chi connectivity index (χ2v) is 4.46. The van der Waals surface area contributed by atoms with Gasteiger partial charge in [0.25, 0.3) is 5.69 Å². The van der Waals surface area contributed by atoms with Crippen LogP contribution in [0.3, 0.4) is 0 Å². The smallest absolute Gasteiger partial charge is 0.270 e. The molecule has 0 radical (unpaired) electrons. The number of nitro benzene ring substituents is 1. The molecule has 1 aromatic carbocycles. The van der Waals surface area contributed by atoms with Gasteiger partial charge in [-0.05, 0) is 31.9 Å². The lowest BCUT2D eigenvalue weighted by atomic mass is 10.1. The maximum atomic E-state index is 10.8. The van der Waals surface area contributed by atoms with E-state index in [0.29, 0.717) is 18.9 Å². The molecule has 0 atom stereocenters. The van der Waals surface area contributed by atoms with Crippen molar-refractivity contribution in [2.45, 2.75) is 32.7 Å². The number of unbranched alkanes of at least 4 members (excludes halogenated alkanes) is 2. The molecule has 0 aliphatic heterocycles. The molecule has 20 heavy (non-hydrogen) atoms. The molecule has 1 aromatic rings. The molecule has 0 unspecified atom stereocenters. The number of nitro groups is 1. The van der Waals surface area contributed by atoms with Gasteiger partial charge in [0.1, 0.15) is 5.75 Å². The van der Waals surface area contributed by atoms with Crippen LogP contribution in [-0.4, -0.2) is 29.8 Å². The molecule has 0 aliphatic carbocycles. The van der Waals surface area contributed by atoms with Gasteiger partial charge in [0.15, 0.2) is 0 Å². The van der Waals surface area contributed by atoms with E-state index in [1.54, 1.807) is 12.1 Å². The Labute approximate surface area is 118 Å². The van der Waals surface area contributed by atoms with Crippen molar-refractivity contribution in [2.75, 3.05) is 19.8 Å². The summed E-state index contributed by atoms with van der Waals surface area (Å²) in [7, 11) is 0. The normalized spacial score (nSPS) is 10.5. The number of nitrogens with zero attached hydrogens (tertiary/aromatic N) is 1. The predicted octanol–water partition coefficient (Wildman–Crippen LogP) is 2.25. The molecule has 6 nitrogen and oxygen atoms in total. The van der Waals surface area contributed by atoms with Gasteiger partial charge in [0.05, 0.1) is 11.5 Å². The average Bonchev–Trinajstić information content (AvgIpc) is 2.45. The molecule has 2 N–H and O–H groups in total. The van der Waals surface area contributed by atoms with Crippen LogP contribution in [0, 0.1) is 10.1 Å². The van der Waals surface area contributed by atoms with E-state index < -0.39 is 4.92 Å². The van der Waals surface area contributed by atoms with Gasteiger partial charge in [-0.25, -0.2) is 0 Å². The topological polar surface area (TPSA) is 84.6 Å². The zero-order valence-corrected chi connectivity index (χ0v) is 11.8. The van der Waals surface area contributed by atoms with Crippen LogP contribution in [-0.2, 0) is 6.54 Å². The number of ether oxygens (including phenoxy) is 1. The standard InChI is InChI=1S/C14H22N2O4/c1-2-15-11-12-10-13(16(18)19)6-7-14(12)20-9-5-3-4-8-17/h6-7,10,15,17H,2-5,8-9,11H2,1H3. The molecule has 0 amide bonds. The fourth-order valence-electron chi connectivity index (χ4n) is 1.79. The molecular weight excluding hydrogens is 260 g/mol. The van der Waals surface area contributed by atoms with Crippen LogP contribution < -0.4 is 10.1 Å². The third-order valence-corrected chi connectivity index (χ3v) is 2.88. The van der Waals surface area contributed by atoms with E-state index in [0.717, 1.165) is 31.4 Å². The highest BCUT2D eigenvalue weighted by Gasteiger charge is 2.11. The number of nitrogens with one attached hydrogen (secondary N) is 1. The van der Waals surface area contributed by atoms with Crippen LogP contribution in [0.5, 0.6) is 5.75 Å². The molecule has 0 fully saturated rings. The van der Waals surface area contributed by atoms with Crippen molar-refractivity contribution in [3.8, 4) is 5.75 Å². The summed E-state index contributed by atoms with van der Waals surface area (Å²) >= 11 is 0. The van der Waals surface area contributed by atoms with Crippen molar-refractivity contribution in [1.82, 2.24) is 5.32 Å². The summed E-state index contributed by atoms with van der Waals surface area (Å²) in [6.45, 7) is 4.07. The first-order valence-corrected chi connectivity index (χ1v) is 6.90. The Morgan fingerprint density at radius 3 is 2.80 bits per heavy atom. The Bertz CT molecular complexity index is 424. The van der Waals surface area contributed by atoms with Gasteiger partial charge in [-0.2, -0.15) is 0 Å². The molecule has 1 rings (SSSR count). The molecule has 0 saturated heterocycles. The van der Waals surface area contributed by atoms with Crippen molar-refractivity contribution in [3.63, 3.8) is 0 Å². The molecule has 0 bridgehead atoms. The van der Waals surface area contributed by atoms with Crippen LogP contribution in [0.25, 0.3) is 0 Å². The van der Waals surface area contributed by atoms with E-state index in [4.69, 9.17) is 9.84 Å². The Balaban J connectivity index is 2.64. The van der Waals surface area contributed by atoms with Crippen molar-refractivity contribution in [1.29, 1.82) is 0 Å². The monoisotopic (exact) mass is 282 g/mol. The Morgan fingerprint density at radius 1 is 1.35 bits per heavy atom. The molecule has 6 heteroatoms. The zero-order chi connectivity index (χ0) is 14.8. The van der Waals surface area contributed by atoms with E-state index >= 15 is 0 Å². The zero-order valence-electron chi connectivity index (χ0n) is 11.8. The quantitative estimate of drug-likeness (QED) is 0.390. The van der Waals surface area contributed by atoms with Crippen LogP contribution in [0.1, 0.15) is 31.7 Å². The first-order chi connectivity index (χ1) is 9.69. The Kier molecular flexibility index (Phi) is 7.60. The van der Waals surface area contributed by atoms with Crippen molar-refractivity contribution in [2.24, 2.45) is 0 Å². The average molecular weight is 282 g/mol. The van der Waals surface area contributed by atoms with Crippen molar-refractivity contribution >= 4 is 5.69 Å². The minimum Gasteiger partial charge on any atom is -0.493 e. The lowest BCUT2D eigenvalue weighted by molar-refractivity contribution is -0.384. The van der Waals surface area contributed by atoms with Gasteiger partial charge >= 0.3 is 0 Å². The third kappa shape index (κ3) is 5.54. The van der Waals surface area contributed by atoms with Crippen molar-refractivity contribution in [3.05, 3.63) is 33.9 Å². The number of benzene rings is 1. The number of rotatable bonds is 10. The van der Waals surface area contributed by atoms with Gasteiger partial charge in [-0.3, -0.25) is 10.1 Å². The number of aliphatic hydroxyl groups is 1. The van der Waals surface area contributed by atoms with E-state index in [2.05, 4.69) is 5.32 Å². The molecule has 112 valence electrons. The largest absolute Gasteiger partial charge is 0.493 e. The summed E-state index contributed by atoms with van der Waals surface area (Å²) in [6, 6.07) is 4.65. The van der Waals surface area contributed by atoms with Crippen LogP contribution in [0.2, 0.25) is 0 Å². The molecule has 0 saturated carbocycles. The third-order valence-electron chi connectivity index (χ3n) is 2.88. The van der Waals surface area contributed by atoms with E-state index in [-0.39, 0.29) is 12.3 Å². The fraction of sp³-hybridized carbons (Fsp3) is 0.571. The second kappa shape index (κ2) is 9.28. The summed E-state index contributed by atoms with van der Waals surface area (Å²) in [4.78, 5) is 10.4. The maximum absolute atomic E-state index is 10.8. The summed E-state index contributed by atoms with van der Waals surface area (Å²) in [6.07, 6.45) is 2.54. The van der Waals surface area contributed by atoms with E-state index in [1.807, 2.05) is 6.92 Å². The molecule has 0 aliphatic rings. The van der Waals surface area contributed by atoms with E-state index in [9.17, 15) is 10.1 Å². The number of hydrogen-bond acceptors (Lipinski definition) is 5. The number of non-ortho nitro benzene ring substituents is 1. The Hall–Kier alpha value is -1.66. The highest BCUT2D eigenvalue weighted by atomic mass is 16.6. The highest BCUT2D eigenvalue weighted by Crippen LogP contribution is 2.24. The van der Waals surface area contributed by atoms with Gasteiger partial charge in [0, 0.05) is 30.8 Å². The lowest BCUT2D eigenvalue weighted by Gasteiger charge is -2.11. The van der Waals surface area contributed by atoms with Gasteiger partial charge in [0.2, 0.25) is 0 Å². The number of hydrogen-bond donors (Lipinski definition) is 2. The Morgan fingerprint density at radius 2 is 2.15 bits per heavy atom. The van der Waals surface area contributed by atoms with E-state index in [1.165, 1.54) is 6.07 Å². The van der Waals surface area contributed by atoms with Gasteiger partial charge < -0.3 is 15.2 Å². The van der Waals surface area contributed by atoms with Crippen LogP contribution in [0.4, 0.5) is 5.69 Å². The summed E-state index contributed by atoms with van der Waals surface area (Å²) < 4.78 is 5.67. The van der Waals surface area contributed by atoms with Gasteiger partial charge in [-0.15, -0.1) is 0 Å².